The van der Waals surface area contributed by atoms with Crippen LogP contribution in [0.4, 0.5) is 0 Å². The van der Waals surface area contributed by atoms with Gasteiger partial charge >= 0.3 is 5.97 Å². The third-order valence-corrected chi connectivity index (χ3v) is 2.66. The average molecular weight is 217 g/mol. The van der Waals surface area contributed by atoms with Crippen LogP contribution in [-0.4, -0.2) is 42.9 Å². The van der Waals surface area contributed by atoms with E-state index in [0.29, 0.717) is 18.8 Å². The van der Waals surface area contributed by atoms with E-state index in [-0.39, 0.29) is 5.97 Å². The summed E-state index contributed by atoms with van der Waals surface area (Å²) in [6, 6.07) is 0. The van der Waals surface area contributed by atoms with Crippen LogP contribution in [0.3, 0.4) is 0 Å². The molecule has 0 N–H and O–H groups in total. The summed E-state index contributed by atoms with van der Waals surface area (Å²) in [4.78, 5) is 13.4. The van der Waals surface area contributed by atoms with Crippen LogP contribution >= 0.6 is 12.6 Å². The first-order chi connectivity index (χ1) is 6.83. The van der Waals surface area contributed by atoms with E-state index in [1.54, 1.807) is 0 Å². The van der Waals surface area contributed by atoms with Gasteiger partial charge in [-0.3, -0.25) is 9.69 Å². The molecule has 14 heavy (non-hydrogen) atoms. The van der Waals surface area contributed by atoms with E-state index in [4.69, 9.17) is 4.74 Å². The van der Waals surface area contributed by atoms with Crippen LogP contribution in [0.1, 0.15) is 25.7 Å². The molecule has 1 fully saturated rings. The van der Waals surface area contributed by atoms with Crippen molar-refractivity contribution in [2.75, 3.05) is 32.0 Å². The molecule has 0 amide bonds. The van der Waals surface area contributed by atoms with Gasteiger partial charge in [0.25, 0.3) is 0 Å². The summed E-state index contributed by atoms with van der Waals surface area (Å²) in [5.74, 6) is 0.444. The van der Waals surface area contributed by atoms with Crippen molar-refractivity contribution in [3.8, 4) is 0 Å². The normalized spacial score (nSPS) is 18.1. The molecule has 82 valence electrons. The van der Waals surface area contributed by atoms with Gasteiger partial charge in [0.15, 0.2) is 0 Å². The van der Waals surface area contributed by atoms with E-state index < -0.39 is 0 Å². The number of carbonyl (C=O) groups excluding carboxylic acids is 1. The van der Waals surface area contributed by atoms with Crippen molar-refractivity contribution in [3.05, 3.63) is 0 Å². The maximum atomic E-state index is 11.0. The molecule has 0 spiro atoms. The van der Waals surface area contributed by atoms with Crippen molar-refractivity contribution in [2.45, 2.75) is 25.7 Å². The standard InChI is InChI=1S/C10H19NO2S/c12-10(4-9-14)13-8-7-11-5-2-1-3-6-11/h14H,1-9H2. The molecule has 0 atom stereocenters. The molecule has 1 rings (SSSR count). The summed E-state index contributed by atoms with van der Waals surface area (Å²) in [5.41, 5.74) is 0. The highest BCUT2D eigenvalue weighted by molar-refractivity contribution is 7.80. The van der Waals surface area contributed by atoms with Gasteiger partial charge in [-0.15, -0.1) is 0 Å². The first kappa shape index (κ1) is 11.9. The second-order valence-electron chi connectivity index (χ2n) is 3.60. The molecule has 0 aliphatic carbocycles. The molecule has 0 saturated carbocycles. The van der Waals surface area contributed by atoms with E-state index >= 15 is 0 Å². The largest absolute Gasteiger partial charge is 0.464 e. The first-order valence-corrected chi connectivity index (χ1v) is 5.95. The molecule has 4 heteroatoms. The van der Waals surface area contributed by atoms with Crippen molar-refractivity contribution >= 4 is 18.6 Å². The number of ether oxygens (including phenoxy) is 1. The maximum Gasteiger partial charge on any atom is 0.306 e. The highest BCUT2D eigenvalue weighted by atomic mass is 32.1. The minimum absolute atomic E-state index is 0.128. The third kappa shape index (κ3) is 4.86. The average Bonchev–Trinajstić information content (AvgIpc) is 2.20. The van der Waals surface area contributed by atoms with Crippen molar-refractivity contribution in [1.82, 2.24) is 4.90 Å². The van der Waals surface area contributed by atoms with Crippen LogP contribution in [0.25, 0.3) is 0 Å². The fourth-order valence-electron chi connectivity index (χ4n) is 1.64. The molecule has 1 heterocycles. The molecule has 0 aromatic heterocycles. The quantitative estimate of drug-likeness (QED) is 0.556. The van der Waals surface area contributed by atoms with Crippen LogP contribution in [-0.2, 0) is 9.53 Å². The molecule has 1 aliphatic heterocycles. The van der Waals surface area contributed by atoms with Gasteiger partial charge in [0.2, 0.25) is 0 Å². The van der Waals surface area contributed by atoms with Crippen molar-refractivity contribution < 1.29 is 9.53 Å². The molecule has 1 saturated heterocycles. The Labute approximate surface area is 91.2 Å². The molecular formula is C10H19NO2S. The number of piperidine rings is 1. The number of likely N-dealkylation sites (tertiary alicyclic amines) is 1. The van der Waals surface area contributed by atoms with Gasteiger partial charge in [-0.2, -0.15) is 12.6 Å². The Morgan fingerprint density at radius 1 is 1.29 bits per heavy atom. The van der Waals surface area contributed by atoms with Gasteiger partial charge in [-0.05, 0) is 25.9 Å². The number of nitrogens with zero attached hydrogens (tertiary/aromatic N) is 1. The van der Waals surface area contributed by atoms with Gasteiger partial charge in [-0.1, -0.05) is 6.42 Å². The molecule has 0 aromatic rings. The van der Waals surface area contributed by atoms with Gasteiger partial charge in [0, 0.05) is 12.3 Å². The lowest BCUT2D eigenvalue weighted by Gasteiger charge is -2.25. The highest BCUT2D eigenvalue weighted by Gasteiger charge is 2.10. The molecule has 0 aromatic carbocycles. The minimum Gasteiger partial charge on any atom is -0.464 e. The minimum atomic E-state index is -0.128. The zero-order valence-electron chi connectivity index (χ0n) is 8.57. The Hall–Kier alpha value is -0.220. The number of rotatable bonds is 5. The number of thiol groups is 1. The number of carbonyl (C=O) groups is 1. The summed E-state index contributed by atoms with van der Waals surface area (Å²) in [5, 5.41) is 0. The monoisotopic (exact) mass is 217 g/mol. The second-order valence-corrected chi connectivity index (χ2v) is 4.04. The fourth-order valence-corrected chi connectivity index (χ4v) is 1.82. The summed E-state index contributed by atoms with van der Waals surface area (Å²) in [6.45, 7) is 3.74. The fraction of sp³-hybridized carbons (Fsp3) is 0.900. The van der Waals surface area contributed by atoms with Gasteiger partial charge in [0.05, 0.1) is 6.42 Å². The molecule has 3 nitrogen and oxygen atoms in total. The summed E-state index contributed by atoms with van der Waals surface area (Å²) in [7, 11) is 0. The topological polar surface area (TPSA) is 29.5 Å². The lowest BCUT2D eigenvalue weighted by atomic mass is 10.1. The van der Waals surface area contributed by atoms with Gasteiger partial charge in [0.1, 0.15) is 6.61 Å². The number of hydrogen-bond acceptors (Lipinski definition) is 4. The van der Waals surface area contributed by atoms with E-state index in [1.165, 1.54) is 19.3 Å². The highest BCUT2D eigenvalue weighted by Crippen LogP contribution is 2.07. The van der Waals surface area contributed by atoms with Gasteiger partial charge < -0.3 is 4.74 Å². The first-order valence-electron chi connectivity index (χ1n) is 5.32. The third-order valence-electron chi connectivity index (χ3n) is 2.44. The molecule has 0 unspecified atom stereocenters. The smallest absolute Gasteiger partial charge is 0.306 e. The Balaban J connectivity index is 1.99. The van der Waals surface area contributed by atoms with Crippen LogP contribution in [0.2, 0.25) is 0 Å². The summed E-state index contributed by atoms with van der Waals surface area (Å²) < 4.78 is 5.06. The van der Waals surface area contributed by atoms with Crippen LogP contribution in [0, 0.1) is 0 Å². The summed E-state index contributed by atoms with van der Waals surface area (Å²) >= 11 is 3.97. The SMILES string of the molecule is O=C(CCS)OCCN1CCCCC1. The Bertz CT molecular complexity index is 170. The Morgan fingerprint density at radius 2 is 2.00 bits per heavy atom. The zero-order valence-corrected chi connectivity index (χ0v) is 9.47. The summed E-state index contributed by atoms with van der Waals surface area (Å²) in [6.07, 6.45) is 4.33. The van der Waals surface area contributed by atoms with Crippen molar-refractivity contribution in [2.24, 2.45) is 0 Å². The van der Waals surface area contributed by atoms with Crippen molar-refractivity contribution in [1.29, 1.82) is 0 Å². The van der Waals surface area contributed by atoms with Crippen LogP contribution in [0.5, 0.6) is 0 Å². The lowest BCUT2D eigenvalue weighted by Crippen LogP contribution is -2.33. The van der Waals surface area contributed by atoms with Crippen molar-refractivity contribution in [3.63, 3.8) is 0 Å². The van der Waals surface area contributed by atoms with Gasteiger partial charge in [-0.25, -0.2) is 0 Å². The second kappa shape index (κ2) is 7.12. The van der Waals surface area contributed by atoms with Crippen LogP contribution in [0.15, 0.2) is 0 Å². The predicted octanol–water partition coefficient (Wildman–Crippen LogP) is 1.34. The maximum absolute atomic E-state index is 11.0. The molecule has 0 radical (unpaired) electrons. The molecule has 1 aliphatic rings. The molecule has 0 bridgehead atoms. The Kier molecular flexibility index (Phi) is 6.03. The molecular weight excluding hydrogens is 198 g/mol. The van der Waals surface area contributed by atoms with E-state index in [9.17, 15) is 4.79 Å². The van der Waals surface area contributed by atoms with E-state index in [1.807, 2.05) is 0 Å². The lowest BCUT2D eigenvalue weighted by molar-refractivity contribution is -0.143. The van der Waals surface area contributed by atoms with Crippen LogP contribution < -0.4 is 0 Å². The predicted molar refractivity (Wildman–Crippen MR) is 59.7 cm³/mol. The number of esters is 1. The zero-order chi connectivity index (χ0) is 10.2. The Morgan fingerprint density at radius 3 is 2.64 bits per heavy atom. The van der Waals surface area contributed by atoms with E-state index in [2.05, 4.69) is 17.5 Å². The number of hydrogen-bond donors (Lipinski definition) is 1. The van der Waals surface area contributed by atoms with E-state index in [0.717, 1.165) is 19.6 Å².